The number of carbonyl (C=O) groups is 2. The van der Waals surface area contributed by atoms with Crippen molar-refractivity contribution in [3.63, 3.8) is 0 Å². The van der Waals surface area contributed by atoms with Crippen LogP contribution in [0.5, 0.6) is 17.2 Å². The Labute approximate surface area is 352 Å². The molecule has 2 aromatic carbocycles. The van der Waals surface area contributed by atoms with Crippen LogP contribution in [0, 0.1) is 17.8 Å². The predicted molar refractivity (Wildman–Crippen MR) is 224 cm³/mol. The van der Waals surface area contributed by atoms with E-state index in [-0.39, 0.29) is 82.8 Å². The number of ether oxygens (including phenoxy) is 5. The average molecular weight is 841 g/mol. The summed E-state index contributed by atoms with van der Waals surface area (Å²) in [7, 11) is 0. The molecule has 13 nitrogen and oxygen atoms in total. The van der Waals surface area contributed by atoms with Gasteiger partial charge in [0.25, 0.3) is 0 Å². The summed E-state index contributed by atoms with van der Waals surface area (Å²) in [5.74, 6) is -0.654. The largest absolute Gasteiger partial charge is 0.459 e. The molecule has 324 valence electrons. The van der Waals surface area contributed by atoms with Gasteiger partial charge in [-0.15, -0.1) is 18.2 Å². The van der Waals surface area contributed by atoms with Gasteiger partial charge in [-0.05, 0) is 94.2 Å². The molecule has 59 heavy (non-hydrogen) atoms. The SMILES string of the molecule is C=CCO[C@@]12Oc3ccc(Oc4cccc(C=O)c4)cc3[C@H]3[C@H](CCCCO)[C@@H](CCCCO)C=C(C(=NOC(C)(C)C)C[C@@H]1N(CCOCCO)C(=O)OCCCl)[C@H]32. The van der Waals surface area contributed by atoms with E-state index in [0.717, 1.165) is 43.1 Å². The average Bonchev–Trinajstić information content (AvgIpc) is 3.22. The van der Waals surface area contributed by atoms with E-state index in [9.17, 15) is 24.9 Å². The molecule has 3 aliphatic rings. The lowest BCUT2D eigenvalue weighted by molar-refractivity contribution is -0.256. The first kappa shape index (κ1) is 46.1. The van der Waals surface area contributed by atoms with Crippen molar-refractivity contribution in [2.75, 3.05) is 58.7 Å². The predicted octanol–water partition coefficient (Wildman–Crippen LogP) is 7.41. The van der Waals surface area contributed by atoms with Gasteiger partial charge in [-0.25, -0.2) is 4.79 Å². The number of amides is 1. The number of aliphatic hydroxyl groups is 3. The summed E-state index contributed by atoms with van der Waals surface area (Å²) in [6.45, 7) is 9.99. The van der Waals surface area contributed by atoms with Crippen LogP contribution in [0.3, 0.4) is 0 Å². The fourth-order valence-corrected chi connectivity index (χ4v) is 8.68. The molecule has 1 heterocycles. The second kappa shape index (κ2) is 22.0. The van der Waals surface area contributed by atoms with Crippen LogP contribution in [-0.2, 0) is 19.0 Å². The maximum Gasteiger partial charge on any atom is 0.410 e. The summed E-state index contributed by atoms with van der Waals surface area (Å²) < 4.78 is 32.0. The maximum absolute atomic E-state index is 14.2. The van der Waals surface area contributed by atoms with Gasteiger partial charge in [0.05, 0.1) is 43.9 Å². The first-order valence-electron chi connectivity index (χ1n) is 20.7. The minimum atomic E-state index is -1.51. The van der Waals surface area contributed by atoms with Crippen LogP contribution in [-0.4, -0.2) is 114 Å². The number of hydrogen-bond acceptors (Lipinski definition) is 12. The molecule has 0 aromatic heterocycles. The summed E-state index contributed by atoms with van der Waals surface area (Å²) in [5.41, 5.74) is 2.24. The Kier molecular flexibility index (Phi) is 17.2. The molecule has 2 aromatic rings. The number of carbonyl (C=O) groups excluding carboxylic acids is 2. The first-order valence-corrected chi connectivity index (χ1v) is 21.2. The molecule has 2 aliphatic carbocycles. The Morgan fingerprint density at radius 2 is 1.78 bits per heavy atom. The third-order valence-corrected chi connectivity index (χ3v) is 11.1. The Balaban J connectivity index is 1.79. The minimum Gasteiger partial charge on any atom is -0.459 e. The highest BCUT2D eigenvalue weighted by atomic mass is 35.5. The lowest BCUT2D eigenvalue weighted by atomic mass is 9.55. The second-order valence-electron chi connectivity index (χ2n) is 16.1. The number of hydrogen-bond donors (Lipinski definition) is 3. The molecule has 3 N–H and O–H groups in total. The summed E-state index contributed by atoms with van der Waals surface area (Å²) in [4.78, 5) is 33.6. The minimum absolute atomic E-state index is 0.00920. The van der Waals surface area contributed by atoms with Crippen LogP contribution in [0.2, 0.25) is 0 Å². The second-order valence-corrected chi connectivity index (χ2v) is 16.5. The number of halogens is 1. The molecule has 14 heteroatoms. The molecule has 1 saturated carbocycles. The van der Waals surface area contributed by atoms with E-state index >= 15 is 0 Å². The highest BCUT2D eigenvalue weighted by molar-refractivity contribution is 6.18. The van der Waals surface area contributed by atoms with Gasteiger partial charge in [0, 0.05) is 43.2 Å². The number of alkyl halides is 1. The van der Waals surface area contributed by atoms with E-state index < -0.39 is 29.4 Å². The molecule has 6 atom stereocenters. The number of allylic oxidation sites excluding steroid dienone is 1. The quantitative estimate of drug-likeness (QED) is 0.0336. The molecule has 0 radical (unpaired) electrons. The highest BCUT2D eigenvalue weighted by Gasteiger charge is 2.65. The van der Waals surface area contributed by atoms with Gasteiger partial charge >= 0.3 is 6.09 Å². The Morgan fingerprint density at radius 1 is 1.02 bits per heavy atom. The van der Waals surface area contributed by atoms with Crippen molar-refractivity contribution >= 4 is 29.7 Å². The molecule has 0 unspecified atom stereocenters. The number of aldehydes is 1. The fraction of sp³-hybridized carbons (Fsp3) is 0.578. The van der Waals surface area contributed by atoms with Crippen LogP contribution in [0.1, 0.15) is 87.6 Å². The number of nitrogens with zero attached hydrogens (tertiary/aromatic N) is 2. The normalized spacial score (nSPS) is 23.9. The van der Waals surface area contributed by atoms with E-state index in [4.69, 9.17) is 45.3 Å². The zero-order valence-corrected chi connectivity index (χ0v) is 35.3. The van der Waals surface area contributed by atoms with Gasteiger partial charge in [0.15, 0.2) is 0 Å². The summed E-state index contributed by atoms with van der Waals surface area (Å²) in [5, 5.41) is 34.1. The van der Waals surface area contributed by atoms with Gasteiger partial charge in [-0.2, -0.15) is 0 Å². The van der Waals surface area contributed by atoms with Crippen LogP contribution in [0.15, 0.2) is 71.9 Å². The van der Waals surface area contributed by atoms with Crippen molar-refractivity contribution in [1.29, 1.82) is 0 Å². The third kappa shape index (κ3) is 11.4. The maximum atomic E-state index is 14.2. The number of rotatable bonds is 23. The van der Waals surface area contributed by atoms with Gasteiger partial charge in [-0.1, -0.05) is 42.3 Å². The van der Waals surface area contributed by atoms with Crippen molar-refractivity contribution in [1.82, 2.24) is 4.90 Å². The van der Waals surface area contributed by atoms with Gasteiger partial charge in [0.2, 0.25) is 5.79 Å². The lowest BCUT2D eigenvalue weighted by Crippen LogP contribution is -2.70. The molecule has 1 aliphatic heterocycles. The smallest absolute Gasteiger partial charge is 0.410 e. The van der Waals surface area contributed by atoms with Crippen molar-refractivity contribution in [2.45, 2.75) is 89.1 Å². The Bertz CT molecular complexity index is 1760. The van der Waals surface area contributed by atoms with Gasteiger partial charge in [0.1, 0.15) is 41.8 Å². The monoisotopic (exact) mass is 840 g/mol. The van der Waals surface area contributed by atoms with E-state index in [1.807, 2.05) is 39.0 Å². The van der Waals surface area contributed by atoms with E-state index in [1.54, 1.807) is 35.2 Å². The van der Waals surface area contributed by atoms with Gasteiger partial charge in [-0.3, -0.25) is 9.69 Å². The molecule has 1 amide bonds. The fourth-order valence-electron chi connectivity index (χ4n) is 8.60. The molecule has 1 fully saturated rings. The Hall–Kier alpha value is -3.98. The topological polar surface area (TPSA) is 166 Å². The molecular formula is C45H61ClN2O11. The van der Waals surface area contributed by atoms with Crippen molar-refractivity contribution in [3.8, 4) is 17.2 Å². The number of fused-ring (bicyclic) bond motifs is 2. The first-order chi connectivity index (χ1) is 28.5. The Morgan fingerprint density at radius 3 is 2.47 bits per heavy atom. The lowest BCUT2D eigenvalue weighted by Gasteiger charge is -2.59. The molecular weight excluding hydrogens is 780 g/mol. The number of aliphatic hydroxyl groups excluding tert-OH is 3. The van der Waals surface area contributed by atoms with Crippen molar-refractivity contribution < 1.29 is 53.4 Å². The number of oxime groups is 1. The molecule has 0 bridgehead atoms. The van der Waals surface area contributed by atoms with Crippen LogP contribution in [0.25, 0.3) is 0 Å². The van der Waals surface area contributed by atoms with Crippen molar-refractivity contribution in [3.05, 3.63) is 77.9 Å². The van der Waals surface area contributed by atoms with Crippen molar-refractivity contribution in [2.24, 2.45) is 22.9 Å². The summed E-state index contributed by atoms with van der Waals surface area (Å²) >= 11 is 6.02. The molecule has 0 saturated heterocycles. The third-order valence-electron chi connectivity index (χ3n) is 10.9. The van der Waals surface area contributed by atoms with Crippen LogP contribution in [0.4, 0.5) is 4.79 Å². The standard InChI is InChI=1S/C45H61ClN2O11/c1-5-22-56-45-40(48(18-24-54-25-21-51)43(53)55-23-17-46)29-38(47-59-44(2,3)4)36-27-32(12-6-8-19-49)35(14-7-9-20-50)41(42(36)45)37-28-34(15-16-39(37)58-45)57-33-13-10-11-31(26-33)30-52/h5,10-11,13,15-16,26-28,30,32,35,40-42,49-51H,1,6-9,12,14,17-25,29H2,2-4H3/t32-,35+,40-,41+,42+,45+/m0/s1. The van der Waals surface area contributed by atoms with Crippen LogP contribution < -0.4 is 9.47 Å². The highest BCUT2D eigenvalue weighted by Crippen LogP contribution is 2.62. The molecule has 5 rings (SSSR count). The summed E-state index contributed by atoms with van der Waals surface area (Å²) in [6.07, 6.45) is 8.58. The zero-order chi connectivity index (χ0) is 42.4. The van der Waals surface area contributed by atoms with Crippen LogP contribution >= 0.6 is 11.6 Å². The van der Waals surface area contributed by atoms with E-state index in [1.165, 1.54) is 0 Å². The van der Waals surface area contributed by atoms with Gasteiger partial charge < -0.3 is 43.8 Å². The van der Waals surface area contributed by atoms with E-state index in [0.29, 0.717) is 41.4 Å². The zero-order valence-electron chi connectivity index (χ0n) is 34.6. The number of unbranched alkanes of at least 4 members (excludes halogenated alkanes) is 2. The van der Waals surface area contributed by atoms with E-state index in [2.05, 4.69) is 12.7 Å². The number of benzene rings is 2. The summed E-state index contributed by atoms with van der Waals surface area (Å²) in [6, 6.07) is 11.8. The molecule has 0 spiro atoms.